The lowest BCUT2D eigenvalue weighted by Crippen LogP contribution is -2.47. The first kappa shape index (κ1) is 81.5. The van der Waals surface area contributed by atoms with Gasteiger partial charge in [0.2, 0.25) is 5.91 Å². The van der Waals surface area contributed by atoms with Crippen LogP contribution < -0.4 is 10.2 Å². The van der Waals surface area contributed by atoms with Gasteiger partial charge in [-0.05, 0) is 57.4 Å². The Bertz CT molecular complexity index is 1470. The Morgan fingerprint density at radius 1 is 0.410 bits per heavy atom. The molecule has 10 heteroatoms. The van der Waals surface area contributed by atoms with Crippen molar-refractivity contribution in [1.82, 2.24) is 5.32 Å². The van der Waals surface area contributed by atoms with Gasteiger partial charge in [0.05, 0.1) is 33.8 Å². The molecule has 0 aliphatic rings. The molecule has 0 rings (SSSR count). The number of hydrogen-bond acceptors (Lipinski definition) is 7. The van der Waals surface area contributed by atoms with Gasteiger partial charge < -0.3 is 28.5 Å². The highest BCUT2D eigenvalue weighted by molar-refractivity contribution is 7.45. The molecular weight excluding hydrogens is 1050 g/mol. The van der Waals surface area contributed by atoms with E-state index in [1.54, 1.807) is 0 Å². The Morgan fingerprint density at radius 3 is 1.02 bits per heavy atom. The molecule has 0 bridgehead atoms. The minimum atomic E-state index is -4.70. The largest absolute Gasteiger partial charge is 0.756 e. The van der Waals surface area contributed by atoms with Gasteiger partial charge in [-0.3, -0.25) is 14.2 Å². The average molecular weight is 1190 g/mol. The summed E-state index contributed by atoms with van der Waals surface area (Å²) in [4.78, 5) is 40.2. The minimum absolute atomic E-state index is 0.0179. The molecule has 1 N–H and O–H groups in total. The van der Waals surface area contributed by atoms with Crippen LogP contribution in [0.1, 0.15) is 380 Å². The number of hydrogen-bond donors (Lipinski definition) is 1. The highest BCUT2D eigenvalue weighted by atomic mass is 31.2. The molecule has 0 aromatic carbocycles. The fraction of sp³-hybridized carbons (Fsp3) is 0.918. The van der Waals surface area contributed by atoms with Gasteiger partial charge >= 0.3 is 5.97 Å². The zero-order valence-corrected chi connectivity index (χ0v) is 57.3. The van der Waals surface area contributed by atoms with E-state index >= 15 is 0 Å². The number of quaternary nitrogens is 1. The monoisotopic (exact) mass is 1190 g/mol. The third kappa shape index (κ3) is 64.8. The number of amides is 1. The van der Waals surface area contributed by atoms with E-state index in [0.717, 1.165) is 57.8 Å². The molecule has 0 heterocycles. The topological polar surface area (TPSA) is 114 Å². The van der Waals surface area contributed by atoms with Crippen molar-refractivity contribution in [1.29, 1.82) is 0 Å². The third-order valence-corrected chi connectivity index (χ3v) is 17.8. The molecule has 0 aromatic rings. The summed E-state index contributed by atoms with van der Waals surface area (Å²) in [6, 6.07) is -0.883. The highest BCUT2D eigenvalue weighted by Gasteiger charge is 2.27. The van der Waals surface area contributed by atoms with Crippen molar-refractivity contribution >= 4 is 19.7 Å². The summed E-state index contributed by atoms with van der Waals surface area (Å²) in [5.74, 6) is -0.518. The Hall–Kier alpha value is -1.51. The van der Waals surface area contributed by atoms with Crippen LogP contribution in [0.2, 0.25) is 0 Å². The first-order valence-corrected chi connectivity index (χ1v) is 38.1. The molecule has 0 aliphatic heterocycles. The first-order valence-electron chi connectivity index (χ1n) is 36.6. The van der Waals surface area contributed by atoms with E-state index in [9.17, 15) is 19.0 Å². The molecule has 0 radical (unpaired) electrons. The molecule has 492 valence electrons. The Labute approximate surface area is 517 Å². The molecule has 0 saturated carbocycles. The standard InChI is InChI=1S/C73H143N2O7P/c1-7-10-13-16-19-22-25-27-29-31-33-35-37-39-41-43-45-47-50-53-56-59-62-65-72(76)74-70(69-81-83(78,79)80-68-67-75(4,5)6)71(64-61-58-55-52-49-24-21-18-15-12-9-3)82-73(77)66-63-60-57-54-51-48-46-44-42-40-38-36-34-32-30-28-26-23-20-17-14-11-8-2/h28,30,61,64,70-71H,7-27,29,31-60,62-63,65-69H2,1-6H3,(H-,74,76,78,79)/b30-28+,64-61+. The number of phosphoric ester groups is 1. The van der Waals surface area contributed by atoms with E-state index in [1.165, 1.54) is 289 Å². The van der Waals surface area contributed by atoms with Crippen LogP contribution in [0, 0.1) is 0 Å². The van der Waals surface area contributed by atoms with Gasteiger partial charge in [0.15, 0.2) is 0 Å². The number of allylic oxidation sites excluding steroid dienone is 3. The van der Waals surface area contributed by atoms with Crippen LogP contribution >= 0.6 is 7.82 Å². The predicted octanol–water partition coefficient (Wildman–Crippen LogP) is 22.6. The van der Waals surface area contributed by atoms with E-state index < -0.39 is 20.0 Å². The lowest BCUT2D eigenvalue weighted by molar-refractivity contribution is -0.870. The summed E-state index contributed by atoms with van der Waals surface area (Å²) in [6.45, 7) is 6.91. The zero-order chi connectivity index (χ0) is 60.7. The summed E-state index contributed by atoms with van der Waals surface area (Å²) < 4.78 is 30.5. The zero-order valence-electron chi connectivity index (χ0n) is 56.4. The number of nitrogens with zero attached hydrogens (tertiary/aromatic N) is 1. The van der Waals surface area contributed by atoms with Gasteiger partial charge in [-0.1, -0.05) is 334 Å². The van der Waals surface area contributed by atoms with Crippen LogP contribution in [0.5, 0.6) is 0 Å². The van der Waals surface area contributed by atoms with E-state index in [4.69, 9.17) is 13.8 Å². The fourth-order valence-corrected chi connectivity index (χ4v) is 12.0. The molecule has 0 fully saturated rings. The number of esters is 1. The van der Waals surface area contributed by atoms with Crippen LogP contribution in [0.3, 0.4) is 0 Å². The molecule has 3 unspecified atom stereocenters. The van der Waals surface area contributed by atoms with Crippen LogP contribution in [-0.4, -0.2) is 69.4 Å². The molecule has 9 nitrogen and oxygen atoms in total. The highest BCUT2D eigenvalue weighted by Crippen LogP contribution is 2.38. The second-order valence-electron chi connectivity index (χ2n) is 26.5. The predicted molar refractivity (Wildman–Crippen MR) is 358 cm³/mol. The lowest BCUT2D eigenvalue weighted by Gasteiger charge is -2.30. The Morgan fingerprint density at radius 2 is 0.699 bits per heavy atom. The van der Waals surface area contributed by atoms with Crippen molar-refractivity contribution in [3.05, 3.63) is 24.3 Å². The molecular formula is C73H143N2O7P. The number of carbonyl (C=O) groups excluding carboxylic acids is 2. The molecule has 0 aliphatic carbocycles. The SMILES string of the molecule is CCCCCCCC/C=C/CCCCCCCCCCCCCCCC(=O)OC(/C=C/CCCCCCCCCCC)C(COP(=O)([O-])OCC[N+](C)(C)C)NC(=O)CCCCCCCCCCCCCCCCCCCCCCCCC. The van der Waals surface area contributed by atoms with Gasteiger partial charge in [0.25, 0.3) is 7.82 Å². The lowest BCUT2D eigenvalue weighted by atomic mass is 10.0. The second-order valence-corrected chi connectivity index (χ2v) is 27.9. The Kier molecular flexibility index (Phi) is 62.4. The number of phosphoric acid groups is 1. The van der Waals surface area contributed by atoms with Crippen molar-refractivity contribution < 1.29 is 37.3 Å². The number of carbonyl (C=O) groups is 2. The maximum atomic E-state index is 13.6. The quantitative estimate of drug-likeness (QED) is 0.0212. The summed E-state index contributed by atoms with van der Waals surface area (Å²) in [6.07, 6.45) is 77.4. The third-order valence-electron chi connectivity index (χ3n) is 16.9. The van der Waals surface area contributed by atoms with Crippen molar-refractivity contribution in [2.24, 2.45) is 0 Å². The van der Waals surface area contributed by atoms with Crippen LogP contribution in [-0.2, 0) is 27.9 Å². The van der Waals surface area contributed by atoms with Gasteiger partial charge in [0.1, 0.15) is 19.3 Å². The summed E-state index contributed by atoms with van der Waals surface area (Å²) in [5, 5.41) is 3.05. The maximum Gasteiger partial charge on any atom is 0.306 e. The average Bonchev–Trinajstić information content (AvgIpc) is 3.51. The number of nitrogens with one attached hydrogen (secondary N) is 1. The van der Waals surface area contributed by atoms with E-state index in [-0.39, 0.29) is 31.5 Å². The van der Waals surface area contributed by atoms with Crippen LogP contribution in [0.4, 0.5) is 0 Å². The molecule has 3 atom stereocenters. The molecule has 1 amide bonds. The molecule has 0 saturated heterocycles. The number of ether oxygens (including phenoxy) is 1. The first-order chi connectivity index (χ1) is 40.4. The maximum absolute atomic E-state index is 13.6. The fourth-order valence-electron chi connectivity index (χ4n) is 11.2. The van der Waals surface area contributed by atoms with Gasteiger partial charge in [-0.25, -0.2) is 0 Å². The van der Waals surface area contributed by atoms with Gasteiger partial charge in [-0.15, -0.1) is 0 Å². The van der Waals surface area contributed by atoms with Crippen molar-refractivity contribution in [2.45, 2.75) is 392 Å². The smallest absolute Gasteiger partial charge is 0.306 e. The summed E-state index contributed by atoms with van der Waals surface area (Å²) in [5.41, 5.74) is 0. The minimum Gasteiger partial charge on any atom is -0.756 e. The number of unbranched alkanes of at least 4 members (excludes halogenated alkanes) is 50. The van der Waals surface area contributed by atoms with Gasteiger partial charge in [0, 0.05) is 12.8 Å². The van der Waals surface area contributed by atoms with Crippen LogP contribution in [0.25, 0.3) is 0 Å². The van der Waals surface area contributed by atoms with Crippen molar-refractivity contribution in [3.63, 3.8) is 0 Å². The van der Waals surface area contributed by atoms with E-state index in [1.807, 2.05) is 33.3 Å². The van der Waals surface area contributed by atoms with Gasteiger partial charge in [-0.2, -0.15) is 0 Å². The second kappa shape index (κ2) is 63.5. The van der Waals surface area contributed by atoms with E-state index in [2.05, 4.69) is 38.2 Å². The summed E-state index contributed by atoms with van der Waals surface area (Å²) >= 11 is 0. The number of likely N-dealkylation sites (N-methyl/N-ethyl adjacent to an activating group) is 1. The molecule has 0 aromatic heterocycles. The number of rotatable bonds is 68. The Balaban J connectivity index is 4.96. The van der Waals surface area contributed by atoms with Crippen molar-refractivity contribution in [3.8, 4) is 0 Å². The van der Waals surface area contributed by atoms with Crippen LogP contribution in [0.15, 0.2) is 24.3 Å². The molecule has 0 spiro atoms. The summed E-state index contributed by atoms with van der Waals surface area (Å²) in [7, 11) is 1.21. The molecule has 83 heavy (non-hydrogen) atoms. The van der Waals surface area contributed by atoms with E-state index in [0.29, 0.717) is 17.4 Å². The van der Waals surface area contributed by atoms with Crippen molar-refractivity contribution in [2.75, 3.05) is 40.9 Å². The normalized spacial score (nSPS) is 13.6.